The topological polar surface area (TPSA) is 44.0 Å². The lowest BCUT2D eigenvalue weighted by molar-refractivity contribution is 0.318. The third-order valence-corrected chi connectivity index (χ3v) is 2.38. The summed E-state index contributed by atoms with van der Waals surface area (Å²) in [6.45, 7) is 6.62. The van der Waals surface area contributed by atoms with Gasteiger partial charge in [0.05, 0.1) is 5.03 Å². The predicted molar refractivity (Wildman–Crippen MR) is 62.7 cm³/mol. The molecule has 1 aromatic rings. The summed E-state index contributed by atoms with van der Waals surface area (Å²) in [7, 11) is 1.47. The lowest BCUT2D eigenvalue weighted by Crippen LogP contribution is -2.40. The molecule has 0 aliphatic heterocycles. The fraction of sp³-hybridized carbons (Fsp3) is 0.600. The van der Waals surface area contributed by atoms with Gasteiger partial charge < -0.3 is 0 Å². The quantitative estimate of drug-likeness (QED) is 0.573. The van der Waals surface area contributed by atoms with E-state index in [-0.39, 0.29) is 16.7 Å². The monoisotopic (exact) mass is 228 g/mol. The maximum atomic E-state index is 11.8. The Morgan fingerprint density at radius 3 is 2.33 bits per heavy atom. The van der Waals surface area contributed by atoms with Gasteiger partial charge in [-0.2, -0.15) is 0 Å². The van der Waals surface area contributed by atoms with Crippen molar-refractivity contribution in [1.82, 2.24) is 9.13 Å². The summed E-state index contributed by atoms with van der Waals surface area (Å²) < 4.78 is 2.59. The third-order valence-electron chi connectivity index (χ3n) is 2.01. The van der Waals surface area contributed by atoms with Crippen molar-refractivity contribution >= 4 is 12.6 Å². The minimum atomic E-state index is -0.324. The van der Waals surface area contributed by atoms with E-state index >= 15 is 0 Å². The Kier molecular flexibility index (Phi) is 3.13. The number of aromatic nitrogens is 2. The van der Waals surface area contributed by atoms with Crippen molar-refractivity contribution in [3.63, 3.8) is 0 Å². The van der Waals surface area contributed by atoms with Crippen LogP contribution in [0.25, 0.3) is 0 Å². The lowest BCUT2D eigenvalue weighted by Gasteiger charge is -2.21. The number of thiol groups is 1. The van der Waals surface area contributed by atoms with Crippen LogP contribution in [-0.4, -0.2) is 9.13 Å². The summed E-state index contributed by atoms with van der Waals surface area (Å²) in [5.41, 5.74) is -0.670. The molecule has 0 amide bonds. The SMILES string of the molecule is Cn1c(=O)cc(S)n(CC(C)(C)C)c1=O. The predicted octanol–water partition coefficient (Wildman–Crippen LogP) is 0.882. The van der Waals surface area contributed by atoms with Crippen LogP contribution in [-0.2, 0) is 13.6 Å². The van der Waals surface area contributed by atoms with Crippen LogP contribution in [0.3, 0.4) is 0 Å². The minimum Gasteiger partial charge on any atom is -0.288 e. The second kappa shape index (κ2) is 3.89. The van der Waals surface area contributed by atoms with Gasteiger partial charge in [-0.1, -0.05) is 20.8 Å². The fourth-order valence-corrected chi connectivity index (χ4v) is 1.55. The molecule has 1 rings (SSSR count). The fourth-order valence-electron chi connectivity index (χ4n) is 1.28. The van der Waals surface area contributed by atoms with Crippen LogP contribution in [0, 0.1) is 5.41 Å². The highest BCUT2D eigenvalue weighted by Gasteiger charge is 2.15. The molecule has 0 aliphatic carbocycles. The van der Waals surface area contributed by atoms with Crippen LogP contribution in [0.4, 0.5) is 0 Å². The van der Waals surface area contributed by atoms with Gasteiger partial charge in [0.15, 0.2) is 0 Å². The Balaban J connectivity index is 3.38. The molecule has 5 heteroatoms. The first kappa shape index (κ1) is 12.1. The van der Waals surface area contributed by atoms with Crippen molar-refractivity contribution in [3.8, 4) is 0 Å². The molecule has 0 atom stereocenters. The summed E-state index contributed by atoms with van der Waals surface area (Å²) in [6.07, 6.45) is 0. The molecule has 0 N–H and O–H groups in total. The largest absolute Gasteiger partial charge is 0.331 e. The van der Waals surface area contributed by atoms with E-state index in [1.54, 1.807) is 0 Å². The van der Waals surface area contributed by atoms with Gasteiger partial charge in [-0.25, -0.2) is 4.79 Å². The molecule has 4 nitrogen and oxygen atoms in total. The van der Waals surface area contributed by atoms with Crippen molar-refractivity contribution < 1.29 is 0 Å². The zero-order valence-corrected chi connectivity index (χ0v) is 10.3. The molecule has 1 heterocycles. The standard InChI is InChI=1S/C10H16N2O2S/c1-10(2,3)6-12-8(15)5-7(13)11(4)9(12)14/h5,15H,6H2,1-4H3. The van der Waals surface area contributed by atoms with Gasteiger partial charge in [0, 0.05) is 19.7 Å². The maximum Gasteiger partial charge on any atom is 0.331 e. The lowest BCUT2D eigenvalue weighted by atomic mass is 9.97. The van der Waals surface area contributed by atoms with E-state index in [9.17, 15) is 9.59 Å². The molecule has 0 spiro atoms. The molecule has 0 radical (unpaired) electrons. The Labute approximate surface area is 94.0 Å². The Hall–Kier alpha value is -0.970. The van der Waals surface area contributed by atoms with Gasteiger partial charge in [-0.3, -0.25) is 13.9 Å². The molecular formula is C10H16N2O2S. The molecule has 0 saturated heterocycles. The first-order valence-corrected chi connectivity index (χ1v) is 5.17. The van der Waals surface area contributed by atoms with Crippen molar-refractivity contribution in [1.29, 1.82) is 0 Å². The second-order valence-electron chi connectivity index (χ2n) is 4.83. The number of rotatable bonds is 1. The van der Waals surface area contributed by atoms with E-state index in [4.69, 9.17) is 0 Å². The number of nitrogens with zero attached hydrogens (tertiary/aromatic N) is 2. The summed E-state index contributed by atoms with van der Waals surface area (Å²) in [5.74, 6) is 0. The van der Waals surface area contributed by atoms with E-state index in [2.05, 4.69) is 12.6 Å². The number of hydrogen-bond donors (Lipinski definition) is 1. The van der Waals surface area contributed by atoms with Gasteiger partial charge in [0.25, 0.3) is 5.56 Å². The molecule has 0 bridgehead atoms. The van der Waals surface area contributed by atoms with Crippen molar-refractivity contribution in [2.75, 3.05) is 0 Å². The molecule has 0 aromatic carbocycles. The second-order valence-corrected chi connectivity index (χ2v) is 5.29. The zero-order chi connectivity index (χ0) is 11.8. The molecule has 84 valence electrons. The molecule has 15 heavy (non-hydrogen) atoms. The highest BCUT2D eigenvalue weighted by atomic mass is 32.1. The normalized spacial score (nSPS) is 11.8. The van der Waals surface area contributed by atoms with E-state index in [0.717, 1.165) is 4.57 Å². The van der Waals surface area contributed by atoms with Crippen LogP contribution in [0.1, 0.15) is 20.8 Å². The van der Waals surface area contributed by atoms with Gasteiger partial charge in [0.2, 0.25) is 0 Å². The molecule has 0 aliphatic rings. The van der Waals surface area contributed by atoms with E-state index in [1.165, 1.54) is 17.7 Å². The minimum absolute atomic E-state index is 0.0291. The van der Waals surface area contributed by atoms with Gasteiger partial charge in [-0.15, -0.1) is 12.6 Å². The van der Waals surface area contributed by atoms with Crippen LogP contribution < -0.4 is 11.2 Å². The Bertz CT molecular complexity index is 480. The molecule has 1 aromatic heterocycles. The summed E-state index contributed by atoms with van der Waals surface area (Å²) in [6, 6.07) is 1.36. The highest BCUT2D eigenvalue weighted by molar-refractivity contribution is 7.80. The summed E-state index contributed by atoms with van der Waals surface area (Å²) in [4.78, 5) is 23.0. The van der Waals surface area contributed by atoms with Crippen LogP contribution >= 0.6 is 12.6 Å². The van der Waals surface area contributed by atoms with Crippen molar-refractivity contribution in [3.05, 3.63) is 26.9 Å². The third kappa shape index (κ3) is 2.75. The number of hydrogen-bond acceptors (Lipinski definition) is 3. The molecule has 0 saturated carbocycles. The van der Waals surface area contributed by atoms with Crippen molar-refractivity contribution in [2.24, 2.45) is 12.5 Å². The van der Waals surface area contributed by atoms with Crippen LogP contribution in [0.2, 0.25) is 0 Å². The molecular weight excluding hydrogens is 212 g/mol. The van der Waals surface area contributed by atoms with E-state index in [0.29, 0.717) is 11.6 Å². The Morgan fingerprint density at radius 2 is 1.87 bits per heavy atom. The first-order valence-electron chi connectivity index (χ1n) is 4.72. The zero-order valence-electron chi connectivity index (χ0n) is 9.44. The van der Waals surface area contributed by atoms with Crippen LogP contribution in [0.15, 0.2) is 20.7 Å². The smallest absolute Gasteiger partial charge is 0.288 e. The van der Waals surface area contributed by atoms with Crippen molar-refractivity contribution in [2.45, 2.75) is 32.3 Å². The summed E-state index contributed by atoms with van der Waals surface area (Å²) >= 11 is 4.15. The van der Waals surface area contributed by atoms with Crippen LogP contribution in [0.5, 0.6) is 0 Å². The highest BCUT2D eigenvalue weighted by Crippen LogP contribution is 2.16. The molecule has 0 fully saturated rings. The molecule has 0 unspecified atom stereocenters. The Morgan fingerprint density at radius 1 is 1.33 bits per heavy atom. The van der Waals surface area contributed by atoms with Gasteiger partial charge >= 0.3 is 5.69 Å². The van der Waals surface area contributed by atoms with E-state index < -0.39 is 0 Å². The average Bonchev–Trinajstić information content (AvgIpc) is 2.07. The maximum absolute atomic E-state index is 11.8. The first-order chi connectivity index (χ1) is 6.72. The van der Waals surface area contributed by atoms with Gasteiger partial charge in [0.1, 0.15) is 0 Å². The van der Waals surface area contributed by atoms with E-state index in [1.807, 2.05) is 20.8 Å². The average molecular weight is 228 g/mol. The van der Waals surface area contributed by atoms with Gasteiger partial charge in [-0.05, 0) is 5.41 Å². The summed E-state index contributed by atoms with van der Waals surface area (Å²) in [5, 5.41) is 0.415.